The van der Waals surface area contributed by atoms with Crippen molar-refractivity contribution in [2.45, 2.75) is 32.7 Å². The zero-order valence-corrected chi connectivity index (χ0v) is 12.4. The van der Waals surface area contributed by atoms with Crippen molar-refractivity contribution in [2.24, 2.45) is 5.41 Å². The molecule has 1 N–H and O–H groups in total. The average molecular weight is 302 g/mol. The number of hydrogen-bond acceptors (Lipinski definition) is 3. The summed E-state index contributed by atoms with van der Waals surface area (Å²) < 4.78 is 0.691. The van der Waals surface area contributed by atoms with E-state index in [1.165, 1.54) is 11.3 Å². The van der Waals surface area contributed by atoms with Crippen LogP contribution in [0.25, 0.3) is 0 Å². The van der Waals surface area contributed by atoms with Crippen LogP contribution in [0.15, 0.2) is 6.07 Å². The minimum atomic E-state index is -0.880. The summed E-state index contributed by atoms with van der Waals surface area (Å²) in [6.45, 7) is 3.98. The molecular weight excluding hydrogens is 286 g/mol. The van der Waals surface area contributed by atoms with Crippen molar-refractivity contribution < 1.29 is 14.7 Å². The quantitative estimate of drug-likeness (QED) is 0.870. The first-order chi connectivity index (χ1) is 8.85. The Kier molecular flexibility index (Phi) is 3.87. The lowest BCUT2D eigenvalue weighted by molar-refractivity contribution is -0.148. The van der Waals surface area contributed by atoms with Crippen molar-refractivity contribution in [3.05, 3.63) is 20.8 Å². The van der Waals surface area contributed by atoms with Gasteiger partial charge in [-0.2, -0.15) is 0 Å². The lowest BCUT2D eigenvalue weighted by atomic mass is 9.82. The molecule has 1 aromatic heterocycles. The van der Waals surface area contributed by atoms with Crippen molar-refractivity contribution >= 4 is 35.3 Å². The molecule has 0 radical (unpaired) electrons. The van der Waals surface area contributed by atoms with E-state index in [1.807, 2.05) is 6.07 Å². The molecule has 1 amide bonds. The van der Waals surface area contributed by atoms with Crippen molar-refractivity contribution in [1.82, 2.24) is 4.90 Å². The van der Waals surface area contributed by atoms with E-state index in [0.717, 1.165) is 23.3 Å². The van der Waals surface area contributed by atoms with Crippen molar-refractivity contribution in [3.63, 3.8) is 0 Å². The molecule has 0 aliphatic carbocycles. The van der Waals surface area contributed by atoms with E-state index in [4.69, 9.17) is 11.6 Å². The maximum absolute atomic E-state index is 11.3. The number of nitrogens with zero attached hydrogens (tertiary/aromatic N) is 1. The van der Waals surface area contributed by atoms with E-state index in [9.17, 15) is 14.7 Å². The predicted octanol–water partition coefficient (Wildman–Crippen LogP) is 2.96. The first kappa shape index (κ1) is 14.3. The lowest BCUT2D eigenvalue weighted by Crippen LogP contribution is -2.38. The minimum absolute atomic E-state index is 0.198. The normalized spacial score (nSPS) is 19.1. The van der Waals surface area contributed by atoms with Gasteiger partial charge < -0.3 is 10.0 Å². The first-order valence-electron chi connectivity index (χ1n) is 6.07. The van der Waals surface area contributed by atoms with Crippen LogP contribution >= 0.6 is 22.9 Å². The number of thiophene rings is 1. The van der Waals surface area contributed by atoms with E-state index in [0.29, 0.717) is 17.3 Å². The van der Waals surface area contributed by atoms with Crippen LogP contribution in [0.3, 0.4) is 0 Å². The molecule has 0 spiro atoms. The fourth-order valence-corrected chi connectivity index (χ4v) is 3.70. The highest BCUT2D eigenvalue weighted by Gasteiger charge is 2.37. The molecular formula is C13H16ClNO3S. The van der Waals surface area contributed by atoms with Crippen LogP contribution in [0.5, 0.6) is 0 Å². The van der Waals surface area contributed by atoms with Crippen molar-refractivity contribution in [3.8, 4) is 0 Å². The molecule has 1 aliphatic heterocycles. The van der Waals surface area contributed by atoms with E-state index in [1.54, 1.807) is 18.7 Å². The third-order valence-electron chi connectivity index (χ3n) is 3.59. The minimum Gasteiger partial charge on any atom is -0.481 e. The highest BCUT2D eigenvalue weighted by atomic mass is 35.5. The van der Waals surface area contributed by atoms with Crippen molar-refractivity contribution in [2.75, 3.05) is 6.54 Å². The number of carbonyl (C=O) groups excluding carboxylic acids is 1. The molecule has 6 heteroatoms. The highest BCUT2D eigenvalue weighted by Crippen LogP contribution is 2.42. The summed E-state index contributed by atoms with van der Waals surface area (Å²) in [6, 6.07) is 1.66. The second kappa shape index (κ2) is 5.13. The lowest BCUT2D eigenvalue weighted by Gasteiger charge is -2.36. The topological polar surface area (TPSA) is 57.6 Å². The van der Waals surface area contributed by atoms with Gasteiger partial charge in [-0.15, -0.1) is 11.3 Å². The Hall–Kier alpha value is -1.07. The third-order valence-corrected chi connectivity index (χ3v) is 4.93. The van der Waals surface area contributed by atoms with Gasteiger partial charge in [-0.1, -0.05) is 11.6 Å². The summed E-state index contributed by atoms with van der Waals surface area (Å²) >= 11 is 7.55. The third kappa shape index (κ3) is 2.77. The van der Waals surface area contributed by atoms with E-state index >= 15 is 0 Å². The molecule has 0 fully saturated rings. The molecule has 0 saturated heterocycles. The molecule has 4 nitrogen and oxygen atoms in total. The van der Waals surface area contributed by atoms with Crippen LogP contribution < -0.4 is 0 Å². The Bertz CT molecular complexity index is 512. The number of rotatable bonds is 4. The van der Waals surface area contributed by atoms with Crippen LogP contribution in [0, 0.1) is 5.41 Å². The van der Waals surface area contributed by atoms with Gasteiger partial charge >= 0.3 is 5.97 Å². The molecule has 19 heavy (non-hydrogen) atoms. The SMILES string of the molecule is CC(C)(CC1c2cc(Cl)sc2CCN1C=O)C(=O)O. The van der Waals surface area contributed by atoms with Crippen LogP contribution in [0.1, 0.15) is 36.8 Å². The summed E-state index contributed by atoms with van der Waals surface area (Å²) in [5.74, 6) is -0.855. The molecule has 0 bridgehead atoms. The Morgan fingerprint density at radius 2 is 2.37 bits per heavy atom. The molecule has 0 aromatic carbocycles. The second-order valence-corrected chi connectivity index (χ2v) is 7.20. The van der Waals surface area contributed by atoms with Gasteiger partial charge in [-0.3, -0.25) is 9.59 Å². The number of carboxylic acids is 1. The highest BCUT2D eigenvalue weighted by molar-refractivity contribution is 7.16. The van der Waals surface area contributed by atoms with E-state index < -0.39 is 11.4 Å². The second-order valence-electron chi connectivity index (χ2n) is 5.43. The Morgan fingerprint density at radius 3 is 2.95 bits per heavy atom. The summed E-state index contributed by atoms with van der Waals surface area (Å²) in [4.78, 5) is 25.3. The molecule has 0 saturated carbocycles. The average Bonchev–Trinajstić information content (AvgIpc) is 2.70. The molecule has 1 unspecified atom stereocenters. The van der Waals surface area contributed by atoms with Crippen LogP contribution in [0.2, 0.25) is 4.34 Å². The fraction of sp³-hybridized carbons (Fsp3) is 0.538. The smallest absolute Gasteiger partial charge is 0.309 e. The first-order valence-corrected chi connectivity index (χ1v) is 7.27. The molecule has 2 heterocycles. The molecule has 1 aliphatic rings. The van der Waals surface area contributed by atoms with Crippen LogP contribution in [-0.4, -0.2) is 28.9 Å². The summed E-state index contributed by atoms with van der Waals surface area (Å²) in [7, 11) is 0. The van der Waals surface area contributed by atoms with Gasteiger partial charge in [0.1, 0.15) is 0 Å². The Labute approximate surface area is 121 Å². The number of amides is 1. The summed E-state index contributed by atoms with van der Waals surface area (Å²) in [5, 5.41) is 9.25. The van der Waals surface area contributed by atoms with Gasteiger partial charge in [0.05, 0.1) is 15.8 Å². The number of hydrogen-bond donors (Lipinski definition) is 1. The number of fused-ring (bicyclic) bond motifs is 1. The summed E-state index contributed by atoms with van der Waals surface area (Å²) in [6.07, 6.45) is 1.98. The Morgan fingerprint density at radius 1 is 1.68 bits per heavy atom. The monoisotopic (exact) mass is 301 g/mol. The van der Waals surface area contributed by atoms with E-state index in [2.05, 4.69) is 0 Å². The Balaban J connectivity index is 2.34. The van der Waals surface area contributed by atoms with Crippen LogP contribution in [0.4, 0.5) is 0 Å². The summed E-state index contributed by atoms with van der Waals surface area (Å²) in [5.41, 5.74) is 0.122. The molecule has 2 rings (SSSR count). The molecule has 1 aromatic rings. The van der Waals surface area contributed by atoms with Gasteiger partial charge in [-0.05, 0) is 38.3 Å². The zero-order valence-electron chi connectivity index (χ0n) is 10.9. The van der Waals surface area contributed by atoms with Crippen LogP contribution in [-0.2, 0) is 16.0 Å². The number of carboxylic acid groups (broad SMARTS) is 1. The zero-order chi connectivity index (χ0) is 14.2. The van der Waals surface area contributed by atoms with E-state index in [-0.39, 0.29) is 6.04 Å². The van der Waals surface area contributed by atoms with Crippen molar-refractivity contribution in [1.29, 1.82) is 0 Å². The standard InChI is InChI=1S/C13H16ClNO3S/c1-13(2,12(17)18)6-9-8-5-11(14)19-10(8)3-4-15(9)7-16/h5,7,9H,3-4,6H2,1-2H3,(H,17,18). The van der Waals surface area contributed by atoms with Gasteiger partial charge in [0.15, 0.2) is 0 Å². The van der Waals surface area contributed by atoms with Gasteiger partial charge in [-0.25, -0.2) is 0 Å². The van der Waals surface area contributed by atoms with Gasteiger partial charge in [0.25, 0.3) is 0 Å². The number of aliphatic carboxylic acids is 1. The van der Waals surface area contributed by atoms with Gasteiger partial charge in [0, 0.05) is 11.4 Å². The fourth-order valence-electron chi connectivity index (χ4n) is 2.38. The number of halogens is 1. The molecule has 1 atom stereocenters. The molecule has 104 valence electrons. The van der Waals surface area contributed by atoms with Gasteiger partial charge in [0.2, 0.25) is 6.41 Å². The maximum Gasteiger partial charge on any atom is 0.309 e. The maximum atomic E-state index is 11.3. The largest absolute Gasteiger partial charge is 0.481 e. The number of carbonyl (C=O) groups is 2. The predicted molar refractivity (Wildman–Crippen MR) is 74.6 cm³/mol.